The molecule has 3 aromatic carbocycles. The van der Waals surface area contributed by atoms with Gasteiger partial charge in [-0.2, -0.15) is 4.31 Å². The smallest absolute Gasteiger partial charge is 0.262 e. The third kappa shape index (κ3) is 5.89. The second-order valence-electron chi connectivity index (χ2n) is 7.24. The molecule has 1 aliphatic rings. The number of anilines is 1. The second-order valence-corrected chi connectivity index (χ2v) is 9.17. The maximum absolute atomic E-state index is 12.7. The van der Waals surface area contributed by atoms with Crippen molar-refractivity contribution in [2.75, 3.05) is 38.2 Å². The zero-order valence-electron chi connectivity index (χ0n) is 17.8. The molecule has 0 aromatic heterocycles. The molecule has 1 heterocycles. The van der Waals surface area contributed by atoms with Crippen molar-refractivity contribution in [3.63, 3.8) is 0 Å². The van der Waals surface area contributed by atoms with Crippen LogP contribution in [0.15, 0.2) is 83.8 Å². The Kier molecular flexibility index (Phi) is 7.23. The topological polar surface area (TPSA) is 94.2 Å². The van der Waals surface area contributed by atoms with E-state index >= 15 is 0 Å². The van der Waals surface area contributed by atoms with Crippen LogP contribution in [-0.4, -0.2) is 51.5 Å². The number of hydrogen-bond acceptors (Lipinski definition) is 6. The molecule has 1 N–H and O–H groups in total. The van der Waals surface area contributed by atoms with Gasteiger partial charge in [0, 0.05) is 13.1 Å². The summed E-state index contributed by atoms with van der Waals surface area (Å²) < 4.78 is 43.4. The molecule has 1 amide bonds. The summed E-state index contributed by atoms with van der Waals surface area (Å²) in [6.07, 6.45) is 0. The number of morpholine rings is 1. The van der Waals surface area contributed by atoms with Crippen LogP contribution in [0.25, 0.3) is 0 Å². The van der Waals surface area contributed by atoms with Crippen molar-refractivity contribution in [2.45, 2.75) is 4.90 Å². The van der Waals surface area contributed by atoms with Gasteiger partial charge in [0.25, 0.3) is 5.91 Å². The lowest BCUT2D eigenvalue weighted by Gasteiger charge is -2.26. The molecule has 1 fully saturated rings. The lowest BCUT2D eigenvalue weighted by molar-refractivity contribution is -0.118. The first-order valence-electron chi connectivity index (χ1n) is 10.4. The molecule has 0 radical (unpaired) electrons. The number of hydrogen-bond donors (Lipinski definition) is 1. The van der Waals surface area contributed by atoms with Gasteiger partial charge in [0.1, 0.15) is 11.5 Å². The maximum atomic E-state index is 12.7. The van der Waals surface area contributed by atoms with Crippen molar-refractivity contribution in [1.82, 2.24) is 4.31 Å². The van der Waals surface area contributed by atoms with Crippen LogP contribution in [0.5, 0.6) is 17.2 Å². The van der Waals surface area contributed by atoms with E-state index < -0.39 is 10.0 Å². The van der Waals surface area contributed by atoms with Crippen molar-refractivity contribution in [3.8, 4) is 17.2 Å². The molecule has 1 saturated heterocycles. The number of benzene rings is 3. The number of rotatable bonds is 8. The standard InChI is InChI=1S/C24H24N2O6S/c27-24(25-22-8-4-5-9-23(22)32-20-6-2-1-3-7-20)18-31-19-10-12-21(13-11-19)33(28,29)26-14-16-30-17-15-26/h1-13H,14-18H2,(H,25,27). The van der Waals surface area contributed by atoms with E-state index in [0.717, 1.165) is 0 Å². The zero-order valence-corrected chi connectivity index (χ0v) is 18.7. The van der Waals surface area contributed by atoms with Gasteiger partial charge in [-0.1, -0.05) is 30.3 Å². The fraction of sp³-hybridized carbons (Fsp3) is 0.208. The van der Waals surface area contributed by atoms with Crippen LogP contribution in [0.1, 0.15) is 0 Å². The SMILES string of the molecule is O=C(COc1ccc(S(=O)(=O)N2CCOCC2)cc1)Nc1ccccc1Oc1ccccc1. The lowest BCUT2D eigenvalue weighted by atomic mass is 10.3. The first-order chi connectivity index (χ1) is 16.0. The average Bonchev–Trinajstić information content (AvgIpc) is 2.85. The fourth-order valence-electron chi connectivity index (χ4n) is 3.25. The molecule has 1 aliphatic heterocycles. The van der Waals surface area contributed by atoms with Gasteiger partial charge in [-0.3, -0.25) is 4.79 Å². The van der Waals surface area contributed by atoms with E-state index in [9.17, 15) is 13.2 Å². The van der Waals surface area contributed by atoms with E-state index in [0.29, 0.717) is 49.2 Å². The summed E-state index contributed by atoms with van der Waals surface area (Å²) in [4.78, 5) is 12.6. The summed E-state index contributed by atoms with van der Waals surface area (Å²) in [5.74, 6) is 1.18. The van der Waals surface area contributed by atoms with Crippen molar-refractivity contribution in [2.24, 2.45) is 0 Å². The second kappa shape index (κ2) is 10.5. The molecule has 0 spiro atoms. The monoisotopic (exact) mass is 468 g/mol. The number of amides is 1. The number of carbonyl (C=O) groups excluding carboxylic acids is 1. The predicted octanol–water partition coefficient (Wildman–Crippen LogP) is 3.52. The van der Waals surface area contributed by atoms with E-state index in [-0.39, 0.29) is 17.4 Å². The summed E-state index contributed by atoms with van der Waals surface area (Å²) >= 11 is 0. The molecule has 9 heteroatoms. The van der Waals surface area contributed by atoms with E-state index in [1.165, 1.54) is 28.6 Å². The normalized spacial score (nSPS) is 14.4. The Morgan fingerprint density at radius 1 is 0.879 bits per heavy atom. The largest absolute Gasteiger partial charge is 0.484 e. The highest BCUT2D eigenvalue weighted by atomic mass is 32.2. The van der Waals surface area contributed by atoms with Crippen LogP contribution in [0, 0.1) is 0 Å². The van der Waals surface area contributed by atoms with Crippen LogP contribution in [0.2, 0.25) is 0 Å². The Morgan fingerprint density at radius 3 is 2.27 bits per heavy atom. The summed E-state index contributed by atoms with van der Waals surface area (Å²) in [6.45, 7) is 1.19. The molecule has 0 unspecified atom stereocenters. The van der Waals surface area contributed by atoms with Crippen molar-refractivity contribution in [3.05, 3.63) is 78.9 Å². The number of nitrogens with one attached hydrogen (secondary N) is 1. The first kappa shape index (κ1) is 22.8. The molecule has 4 rings (SSSR count). The molecule has 0 atom stereocenters. The average molecular weight is 469 g/mol. The zero-order chi connectivity index (χ0) is 23.1. The van der Waals surface area contributed by atoms with E-state index in [1.807, 2.05) is 36.4 Å². The third-order valence-electron chi connectivity index (χ3n) is 4.93. The van der Waals surface area contributed by atoms with Crippen LogP contribution in [-0.2, 0) is 19.6 Å². The Labute approximate surface area is 192 Å². The minimum absolute atomic E-state index is 0.174. The predicted molar refractivity (Wildman–Crippen MR) is 123 cm³/mol. The van der Waals surface area contributed by atoms with Gasteiger partial charge in [-0.15, -0.1) is 0 Å². The summed E-state index contributed by atoms with van der Waals surface area (Å²) in [6, 6.07) is 22.4. The minimum atomic E-state index is -3.58. The van der Waals surface area contributed by atoms with Gasteiger partial charge in [-0.25, -0.2) is 8.42 Å². The molecule has 172 valence electrons. The van der Waals surface area contributed by atoms with Crippen molar-refractivity contribution in [1.29, 1.82) is 0 Å². The first-order valence-corrected chi connectivity index (χ1v) is 11.9. The van der Waals surface area contributed by atoms with Crippen molar-refractivity contribution < 1.29 is 27.4 Å². The van der Waals surface area contributed by atoms with Crippen LogP contribution in [0.4, 0.5) is 5.69 Å². The molecule has 8 nitrogen and oxygen atoms in total. The highest BCUT2D eigenvalue weighted by Crippen LogP contribution is 2.29. The highest BCUT2D eigenvalue weighted by Gasteiger charge is 2.26. The van der Waals surface area contributed by atoms with Gasteiger partial charge in [0.2, 0.25) is 10.0 Å². The van der Waals surface area contributed by atoms with Crippen LogP contribution in [0.3, 0.4) is 0 Å². The number of ether oxygens (including phenoxy) is 3. The van der Waals surface area contributed by atoms with Crippen molar-refractivity contribution >= 4 is 21.6 Å². The van der Waals surface area contributed by atoms with E-state index in [4.69, 9.17) is 14.2 Å². The number of para-hydroxylation sites is 3. The molecule has 0 aliphatic carbocycles. The van der Waals surface area contributed by atoms with Gasteiger partial charge in [-0.05, 0) is 48.5 Å². The number of nitrogens with zero attached hydrogens (tertiary/aromatic N) is 1. The number of carbonyl (C=O) groups is 1. The molecule has 0 saturated carbocycles. The minimum Gasteiger partial charge on any atom is -0.484 e. The Bertz CT molecular complexity index is 1180. The molecule has 0 bridgehead atoms. The molecule has 3 aromatic rings. The van der Waals surface area contributed by atoms with Crippen LogP contribution >= 0.6 is 0 Å². The quantitative estimate of drug-likeness (QED) is 0.544. The Balaban J connectivity index is 1.34. The summed E-state index contributed by atoms with van der Waals surface area (Å²) in [5, 5.41) is 2.78. The maximum Gasteiger partial charge on any atom is 0.262 e. The Morgan fingerprint density at radius 2 is 1.55 bits per heavy atom. The summed E-state index contributed by atoms with van der Waals surface area (Å²) in [7, 11) is -3.58. The van der Waals surface area contributed by atoms with Gasteiger partial charge >= 0.3 is 0 Å². The van der Waals surface area contributed by atoms with E-state index in [2.05, 4.69) is 5.32 Å². The highest BCUT2D eigenvalue weighted by molar-refractivity contribution is 7.89. The van der Waals surface area contributed by atoms with Crippen LogP contribution < -0.4 is 14.8 Å². The van der Waals surface area contributed by atoms with Gasteiger partial charge in [0.15, 0.2) is 12.4 Å². The fourth-order valence-corrected chi connectivity index (χ4v) is 4.66. The van der Waals surface area contributed by atoms with Gasteiger partial charge in [0.05, 0.1) is 23.8 Å². The molecular weight excluding hydrogens is 444 g/mol. The molecular formula is C24H24N2O6S. The Hall–Kier alpha value is -3.40. The summed E-state index contributed by atoms with van der Waals surface area (Å²) in [5.41, 5.74) is 0.516. The molecule has 33 heavy (non-hydrogen) atoms. The third-order valence-corrected chi connectivity index (χ3v) is 6.85. The van der Waals surface area contributed by atoms with Gasteiger partial charge < -0.3 is 19.5 Å². The number of sulfonamides is 1. The lowest BCUT2D eigenvalue weighted by Crippen LogP contribution is -2.40. The van der Waals surface area contributed by atoms with E-state index in [1.54, 1.807) is 18.2 Å².